The second kappa shape index (κ2) is 6.03. The molecule has 1 N–H and O–H groups in total. The monoisotopic (exact) mass is 336 g/mol. The molecule has 0 radical (unpaired) electrons. The van der Waals surface area contributed by atoms with Crippen LogP contribution in [0.15, 0.2) is 54.7 Å². The van der Waals surface area contributed by atoms with Gasteiger partial charge in [-0.3, -0.25) is 4.79 Å². The number of aromatic nitrogens is 1. The first kappa shape index (κ1) is 15.9. The Kier molecular flexibility index (Phi) is 3.83. The predicted octanol–water partition coefficient (Wildman–Crippen LogP) is 3.71. The number of aryl methyl sites for hydroxylation is 1. The molecule has 128 valence electrons. The van der Waals surface area contributed by atoms with Crippen LogP contribution in [-0.2, 0) is 23.7 Å². The minimum absolute atomic E-state index is 0.0196. The van der Waals surface area contributed by atoms with Gasteiger partial charge in [-0.15, -0.1) is 0 Å². The lowest BCUT2D eigenvalue weighted by Crippen LogP contribution is -2.33. The molecule has 3 nitrogen and oxygen atoms in total. The number of halogens is 1. The van der Waals surface area contributed by atoms with Gasteiger partial charge in [-0.1, -0.05) is 36.4 Å². The van der Waals surface area contributed by atoms with Crippen molar-refractivity contribution in [3.05, 3.63) is 71.7 Å². The molecule has 0 aliphatic heterocycles. The molecule has 1 aliphatic rings. The zero-order valence-electron chi connectivity index (χ0n) is 14.3. The highest BCUT2D eigenvalue weighted by molar-refractivity contribution is 5.86. The van der Waals surface area contributed by atoms with E-state index in [1.54, 1.807) is 18.2 Å². The molecule has 0 bridgehead atoms. The van der Waals surface area contributed by atoms with Crippen LogP contribution in [0, 0.1) is 5.82 Å². The maximum atomic E-state index is 13.7. The predicted molar refractivity (Wildman–Crippen MR) is 96.9 cm³/mol. The highest BCUT2D eigenvalue weighted by atomic mass is 19.1. The summed E-state index contributed by atoms with van der Waals surface area (Å²) < 4.78 is 15.8. The van der Waals surface area contributed by atoms with Crippen LogP contribution in [0.2, 0.25) is 0 Å². The Morgan fingerprint density at radius 2 is 1.88 bits per heavy atom. The number of hydrogen-bond donors (Lipinski definition) is 1. The standard InChI is InChI=1S/C21H21FN2O/c1-24-13-17(16-7-3-5-9-19(16)24)21(10-11-21)14-23-20(25)12-15-6-2-4-8-18(15)22/h2-9,13H,10-12,14H2,1H3,(H,23,25). The molecule has 1 amide bonds. The first-order valence-electron chi connectivity index (χ1n) is 8.64. The molecule has 25 heavy (non-hydrogen) atoms. The van der Waals surface area contributed by atoms with E-state index in [0.717, 1.165) is 12.8 Å². The first-order valence-corrected chi connectivity index (χ1v) is 8.64. The molecule has 3 aromatic rings. The van der Waals surface area contributed by atoms with E-state index in [4.69, 9.17) is 0 Å². The summed E-state index contributed by atoms with van der Waals surface area (Å²) in [5.41, 5.74) is 2.97. The molecule has 1 fully saturated rings. The van der Waals surface area contributed by atoms with Gasteiger partial charge in [0.2, 0.25) is 5.91 Å². The Bertz CT molecular complexity index is 940. The third-order valence-electron chi connectivity index (χ3n) is 5.25. The van der Waals surface area contributed by atoms with Gasteiger partial charge >= 0.3 is 0 Å². The Balaban J connectivity index is 1.49. The van der Waals surface area contributed by atoms with Crippen molar-refractivity contribution in [3.8, 4) is 0 Å². The van der Waals surface area contributed by atoms with Crippen molar-refractivity contribution >= 4 is 16.8 Å². The number of rotatable bonds is 5. The third-order valence-corrected chi connectivity index (χ3v) is 5.25. The van der Waals surface area contributed by atoms with Crippen LogP contribution in [0.3, 0.4) is 0 Å². The number of carbonyl (C=O) groups excluding carboxylic acids is 1. The molecule has 4 heteroatoms. The van der Waals surface area contributed by atoms with E-state index in [0.29, 0.717) is 12.1 Å². The number of nitrogens with zero attached hydrogens (tertiary/aromatic N) is 1. The second-order valence-corrected chi connectivity index (χ2v) is 7.00. The van der Waals surface area contributed by atoms with Crippen LogP contribution in [0.4, 0.5) is 4.39 Å². The molecular weight excluding hydrogens is 315 g/mol. The average Bonchev–Trinajstić information content (AvgIpc) is 3.33. The van der Waals surface area contributed by atoms with Crippen LogP contribution < -0.4 is 5.32 Å². The average molecular weight is 336 g/mol. The minimum Gasteiger partial charge on any atom is -0.355 e. The van der Waals surface area contributed by atoms with Crippen LogP contribution in [0.1, 0.15) is 24.0 Å². The summed E-state index contributed by atoms with van der Waals surface area (Å²) in [6.07, 6.45) is 4.40. The largest absolute Gasteiger partial charge is 0.355 e. The fourth-order valence-electron chi connectivity index (χ4n) is 3.60. The number of nitrogens with one attached hydrogen (secondary N) is 1. The Hall–Kier alpha value is -2.62. The van der Waals surface area contributed by atoms with Gasteiger partial charge in [0.05, 0.1) is 6.42 Å². The van der Waals surface area contributed by atoms with Crippen LogP contribution in [0.25, 0.3) is 10.9 Å². The highest BCUT2D eigenvalue weighted by Crippen LogP contribution is 2.50. The van der Waals surface area contributed by atoms with Crippen molar-refractivity contribution in [2.24, 2.45) is 7.05 Å². The van der Waals surface area contributed by atoms with Gasteiger partial charge in [0.25, 0.3) is 0 Å². The lowest BCUT2D eigenvalue weighted by Gasteiger charge is -2.16. The zero-order chi connectivity index (χ0) is 17.4. The number of benzene rings is 2. The summed E-state index contributed by atoms with van der Waals surface area (Å²) in [6.45, 7) is 0.605. The number of fused-ring (bicyclic) bond motifs is 1. The third kappa shape index (κ3) is 2.93. The molecule has 2 aromatic carbocycles. The van der Waals surface area contributed by atoms with Crippen molar-refractivity contribution in [1.82, 2.24) is 9.88 Å². The summed E-state index contributed by atoms with van der Waals surface area (Å²) in [4.78, 5) is 12.3. The van der Waals surface area contributed by atoms with E-state index >= 15 is 0 Å². The maximum absolute atomic E-state index is 13.7. The molecule has 4 rings (SSSR count). The molecule has 0 saturated heterocycles. The van der Waals surface area contributed by atoms with E-state index in [1.165, 1.54) is 22.5 Å². The van der Waals surface area contributed by atoms with Crippen molar-refractivity contribution in [2.75, 3.05) is 6.54 Å². The zero-order valence-corrected chi connectivity index (χ0v) is 14.3. The number of para-hydroxylation sites is 1. The van der Waals surface area contributed by atoms with E-state index in [1.807, 2.05) is 6.07 Å². The fraction of sp³-hybridized carbons (Fsp3) is 0.286. The van der Waals surface area contributed by atoms with Crippen molar-refractivity contribution in [3.63, 3.8) is 0 Å². The van der Waals surface area contributed by atoms with Gasteiger partial charge < -0.3 is 9.88 Å². The maximum Gasteiger partial charge on any atom is 0.224 e. The van der Waals surface area contributed by atoms with E-state index in [-0.39, 0.29) is 23.6 Å². The summed E-state index contributed by atoms with van der Waals surface area (Å²) in [6, 6.07) is 14.8. The van der Waals surface area contributed by atoms with Crippen LogP contribution in [0.5, 0.6) is 0 Å². The molecule has 1 saturated carbocycles. The van der Waals surface area contributed by atoms with Gasteiger partial charge in [-0.25, -0.2) is 4.39 Å². The molecule has 0 spiro atoms. The Labute approximate surface area is 146 Å². The molecule has 1 heterocycles. The second-order valence-electron chi connectivity index (χ2n) is 7.00. The summed E-state index contributed by atoms with van der Waals surface area (Å²) in [7, 11) is 2.05. The number of amides is 1. The SMILES string of the molecule is Cn1cc(C2(CNC(=O)Cc3ccccc3F)CC2)c2ccccc21. The summed E-state index contributed by atoms with van der Waals surface area (Å²) in [5.74, 6) is -0.454. The highest BCUT2D eigenvalue weighted by Gasteiger charge is 2.46. The van der Waals surface area contributed by atoms with E-state index < -0.39 is 0 Å². The summed E-state index contributed by atoms with van der Waals surface area (Å²) >= 11 is 0. The van der Waals surface area contributed by atoms with Crippen LogP contribution in [-0.4, -0.2) is 17.0 Å². The van der Waals surface area contributed by atoms with Gasteiger partial charge in [0.1, 0.15) is 5.82 Å². The number of carbonyl (C=O) groups is 1. The lowest BCUT2D eigenvalue weighted by atomic mass is 9.95. The number of hydrogen-bond acceptors (Lipinski definition) is 1. The molecule has 0 atom stereocenters. The van der Waals surface area contributed by atoms with Gasteiger partial charge in [0, 0.05) is 36.1 Å². The molecule has 1 aromatic heterocycles. The summed E-state index contributed by atoms with van der Waals surface area (Å²) in [5, 5.41) is 4.27. The minimum atomic E-state index is -0.326. The topological polar surface area (TPSA) is 34.0 Å². The first-order chi connectivity index (χ1) is 12.1. The van der Waals surface area contributed by atoms with Crippen molar-refractivity contribution < 1.29 is 9.18 Å². The smallest absolute Gasteiger partial charge is 0.224 e. The van der Waals surface area contributed by atoms with Crippen LogP contribution >= 0.6 is 0 Å². The Morgan fingerprint density at radius 1 is 1.16 bits per heavy atom. The Morgan fingerprint density at radius 3 is 2.64 bits per heavy atom. The molecular formula is C21H21FN2O. The van der Waals surface area contributed by atoms with Gasteiger partial charge in [0.15, 0.2) is 0 Å². The fourth-order valence-corrected chi connectivity index (χ4v) is 3.60. The van der Waals surface area contributed by atoms with E-state index in [2.05, 4.69) is 41.3 Å². The van der Waals surface area contributed by atoms with Gasteiger partial charge in [-0.2, -0.15) is 0 Å². The van der Waals surface area contributed by atoms with E-state index in [9.17, 15) is 9.18 Å². The van der Waals surface area contributed by atoms with Gasteiger partial charge in [-0.05, 0) is 36.1 Å². The normalized spacial score (nSPS) is 15.3. The lowest BCUT2D eigenvalue weighted by molar-refractivity contribution is -0.120. The van der Waals surface area contributed by atoms with Crippen molar-refractivity contribution in [2.45, 2.75) is 24.7 Å². The quantitative estimate of drug-likeness (QED) is 0.757. The van der Waals surface area contributed by atoms with Crippen molar-refractivity contribution in [1.29, 1.82) is 0 Å². The molecule has 1 aliphatic carbocycles. The molecule has 0 unspecified atom stereocenters.